The molecule has 0 bridgehead atoms. The second-order valence-electron chi connectivity index (χ2n) is 11.1. The average molecular weight is 497 g/mol. The molecule has 0 rings (SSSR count). The van der Waals surface area contributed by atoms with E-state index in [0.717, 1.165) is 26.4 Å². The smallest absolute Gasteiger partial charge is 0.0466 e. The van der Waals surface area contributed by atoms with Crippen LogP contribution in [0.1, 0.15) is 187 Å². The van der Waals surface area contributed by atoms with Crippen molar-refractivity contribution < 1.29 is 9.47 Å². The molecule has 212 valence electrons. The van der Waals surface area contributed by atoms with Crippen molar-refractivity contribution in [2.24, 2.45) is 0 Å². The Morgan fingerprint density at radius 3 is 0.629 bits per heavy atom. The lowest BCUT2D eigenvalue weighted by Crippen LogP contribution is -2.00. The standard InChI is InChI=1S/C33H68O2/c1-3-5-7-9-11-13-15-17-19-21-23-26-30-34-32-28-25-29-33-35-31-27-24-22-20-18-16-14-12-10-8-6-4-2/h3-33H2,1-2H3. The van der Waals surface area contributed by atoms with Gasteiger partial charge in [0.15, 0.2) is 0 Å². The molecule has 0 aliphatic carbocycles. The van der Waals surface area contributed by atoms with Gasteiger partial charge in [-0.3, -0.25) is 0 Å². The first kappa shape index (κ1) is 34.9. The Kier molecular flexibility index (Phi) is 33.8. The minimum Gasteiger partial charge on any atom is -0.381 e. The third kappa shape index (κ3) is 33.9. The number of hydrogen-bond acceptors (Lipinski definition) is 2. The second-order valence-corrected chi connectivity index (χ2v) is 11.1. The van der Waals surface area contributed by atoms with Gasteiger partial charge in [-0.2, -0.15) is 0 Å². The minimum atomic E-state index is 0.941. The maximum absolute atomic E-state index is 5.81. The molecule has 0 amide bonds. The van der Waals surface area contributed by atoms with Crippen LogP contribution in [0.4, 0.5) is 0 Å². The van der Waals surface area contributed by atoms with Crippen molar-refractivity contribution >= 4 is 0 Å². The van der Waals surface area contributed by atoms with Gasteiger partial charge in [-0.25, -0.2) is 0 Å². The van der Waals surface area contributed by atoms with Crippen molar-refractivity contribution in [1.82, 2.24) is 0 Å². The lowest BCUT2D eigenvalue weighted by Gasteiger charge is -2.06. The van der Waals surface area contributed by atoms with Crippen LogP contribution in [-0.2, 0) is 9.47 Å². The van der Waals surface area contributed by atoms with Crippen molar-refractivity contribution in [2.45, 2.75) is 187 Å². The number of ether oxygens (including phenoxy) is 2. The normalized spacial score (nSPS) is 11.5. The lowest BCUT2D eigenvalue weighted by molar-refractivity contribution is 0.111. The van der Waals surface area contributed by atoms with Gasteiger partial charge in [0.25, 0.3) is 0 Å². The highest BCUT2D eigenvalue weighted by molar-refractivity contribution is 4.50. The van der Waals surface area contributed by atoms with E-state index >= 15 is 0 Å². The summed E-state index contributed by atoms with van der Waals surface area (Å²) in [6.45, 7) is 8.40. The number of rotatable bonds is 32. The van der Waals surface area contributed by atoms with Crippen LogP contribution in [0.2, 0.25) is 0 Å². The highest BCUT2D eigenvalue weighted by Crippen LogP contribution is 2.13. The predicted molar refractivity (Wildman–Crippen MR) is 158 cm³/mol. The van der Waals surface area contributed by atoms with Crippen molar-refractivity contribution in [1.29, 1.82) is 0 Å². The maximum atomic E-state index is 5.81. The fourth-order valence-electron chi connectivity index (χ4n) is 4.88. The van der Waals surface area contributed by atoms with Crippen LogP contribution >= 0.6 is 0 Å². The first-order valence-corrected chi connectivity index (χ1v) is 16.6. The third-order valence-electron chi connectivity index (χ3n) is 7.36. The van der Waals surface area contributed by atoms with Crippen molar-refractivity contribution in [3.63, 3.8) is 0 Å². The van der Waals surface area contributed by atoms with E-state index in [1.807, 2.05) is 0 Å². The van der Waals surface area contributed by atoms with Gasteiger partial charge in [0.1, 0.15) is 0 Å². The third-order valence-corrected chi connectivity index (χ3v) is 7.36. The molecule has 2 nitrogen and oxygen atoms in total. The number of unbranched alkanes of at least 4 members (excludes halogenated alkanes) is 24. The van der Waals surface area contributed by atoms with Crippen LogP contribution in [0, 0.1) is 0 Å². The molecule has 0 unspecified atom stereocenters. The molecule has 0 aromatic rings. The van der Waals surface area contributed by atoms with E-state index in [1.54, 1.807) is 0 Å². The number of hydrogen-bond donors (Lipinski definition) is 0. The van der Waals surface area contributed by atoms with Gasteiger partial charge in [0, 0.05) is 26.4 Å². The first-order chi connectivity index (χ1) is 17.4. The van der Waals surface area contributed by atoms with E-state index in [9.17, 15) is 0 Å². The van der Waals surface area contributed by atoms with Gasteiger partial charge >= 0.3 is 0 Å². The quantitative estimate of drug-likeness (QED) is 0.0862. The van der Waals surface area contributed by atoms with Gasteiger partial charge < -0.3 is 9.47 Å². The fourth-order valence-corrected chi connectivity index (χ4v) is 4.88. The summed E-state index contributed by atoms with van der Waals surface area (Å²) in [6, 6.07) is 0. The van der Waals surface area contributed by atoms with Crippen LogP contribution in [0.25, 0.3) is 0 Å². The topological polar surface area (TPSA) is 18.5 Å². The van der Waals surface area contributed by atoms with E-state index in [4.69, 9.17) is 9.47 Å². The summed E-state index contributed by atoms with van der Waals surface area (Å²) in [5, 5.41) is 0. The Bertz CT molecular complexity index is 312. The molecule has 0 aliphatic rings. The largest absolute Gasteiger partial charge is 0.381 e. The van der Waals surface area contributed by atoms with Crippen LogP contribution in [0.5, 0.6) is 0 Å². The summed E-state index contributed by atoms with van der Waals surface area (Å²) in [5.74, 6) is 0. The SMILES string of the molecule is CCCCCCCCCCCCCCOCCCCCOCCCCCCCCCCCCCC. The van der Waals surface area contributed by atoms with E-state index in [1.165, 1.54) is 173 Å². The van der Waals surface area contributed by atoms with E-state index in [2.05, 4.69) is 13.8 Å². The Balaban J connectivity index is 3.00. The highest BCUT2D eigenvalue weighted by Gasteiger charge is 1.96. The van der Waals surface area contributed by atoms with Crippen molar-refractivity contribution in [3.05, 3.63) is 0 Å². The van der Waals surface area contributed by atoms with Gasteiger partial charge in [0.05, 0.1) is 0 Å². The second kappa shape index (κ2) is 33.9. The molecular weight excluding hydrogens is 428 g/mol. The summed E-state index contributed by atoms with van der Waals surface area (Å²) in [4.78, 5) is 0. The Morgan fingerprint density at radius 2 is 0.400 bits per heavy atom. The van der Waals surface area contributed by atoms with Crippen LogP contribution in [-0.4, -0.2) is 26.4 Å². The molecule has 0 aromatic heterocycles. The van der Waals surface area contributed by atoms with Crippen LogP contribution in [0.15, 0.2) is 0 Å². The maximum Gasteiger partial charge on any atom is 0.0466 e. The van der Waals surface area contributed by atoms with Crippen LogP contribution < -0.4 is 0 Å². The molecule has 0 radical (unpaired) electrons. The first-order valence-electron chi connectivity index (χ1n) is 16.6. The molecule has 35 heavy (non-hydrogen) atoms. The zero-order valence-corrected chi connectivity index (χ0v) is 24.7. The molecule has 0 spiro atoms. The molecule has 0 atom stereocenters. The van der Waals surface area contributed by atoms with Gasteiger partial charge in [-0.1, -0.05) is 155 Å². The molecule has 0 N–H and O–H groups in total. The van der Waals surface area contributed by atoms with Crippen molar-refractivity contribution in [3.8, 4) is 0 Å². The molecule has 2 heteroatoms. The minimum absolute atomic E-state index is 0.941. The molecule has 0 fully saturated rings. The summed E-state index contributed by atoms with van der Waals surface area (Å²) in [5.41, 5.74) is 0. The van der Waals surface area contributed by atoms with E-state index in [0.29, 0.717) is 0 Å². The van der Waals surface area contributed by atoms with Gasteiger partial charge in [0.2, 0.25) is 0 Å². The summed E-state index contributed by atoms with van der Waals surface area (Å²) in [6.07, 6.45) is 37.5. The van der Waals surface area contributed by atoms with Gasteiger partial charge in [-0.15, -0.1) is 0 Å². The zero-order valence-electron chi connectivity index (χ0n) is 24.7. The summed E-state index contributed by atoms with van der Waals surface area (Å²) in [7, 11) is 0. The molecule has 0 heterocycles. The molecular formula is C33H68O2. The Labute approximate surface area is 223 Å². The average Bonchev–Trinajstić information content (AvgIpc) is 2.87. The predicted octanol–water partition coefficient (Wildman–Crippen LogP) is 11.6. The van der Waals surface area contributed by atoms with Crippen LogP contribution in [0.3, 0.4) is 0 Å². The summed E-state index contributed by atoms with van der Waals surface area (Å²) < 4.78 is 11.6. The molecule has 0 saturated carbocycles. The molecule has 0 aliphatic heterocycles. The molecule has 0 aromatic carbocycles. The Hall–Kier alpha value is -0.0800. The lowest BCUT2D eigenvalue weighted by atomic mass is 10.1. The highest BCUT2D eigenvalue weighted by atomic mass is 16.5. The zero-order chi connectivity index (χ0) is 25.3. The van der Waals surface area contributed by atoms with Crippen molar-refractivity contribution in [2.75, 3.05) is 26.4 Å². The summed E-state index contributed by atoms with van der Waals surface area (Å²) >= 11 is 0. The van der Waals surface area contributed by atoms with Gasteiger partial charge in [-0.05, 0) is 32.1 Å². The van der Waals surface area contributed by atoms with E-state index in [-0.39, 0.29) is 0 Å². The fraction of sp³-hybridized carbons (Fsp3) is 1.00. The Morgan fingerprint density at radius 1 is 0.229 bits per heavy atom. The molecule has 0 saturated heterocycles. The monoisotopic (exact) mass is 497 g/mol. The van der Waals surface area contributed by atoms with E-state index < -0.39 is 0 Å².